The molecule has 0 unspecified atom stereocenters. The van der Waals surface area contributed by atoms with Crippen molar-refractivity contribution in [3.63, 3.8) is 0 Å². The molecule has 3 aromatic rings. The number of benzene rings is 2. The molecule has 1 heterocycles. The van der Waals surface area contributed by atoms with E-state index in [-0.39, 0.29) is 30.1 Å². The molecule has 1 aliphatic rings. The molecule has 1 fully saturated rings. The summed E-state index contributed by atoms with van der Waals surface area (Å²) in [6.07, 6.45) is 13.6. The molecule has 0 bridgehead atoms. The molecule has 0 radical (unpaired) electrons. The Morgan fingerprint density at radius 2 is 1.67 bits per heavy atom. The SMILES string of the molecule is CCCCCCNC(=O)[C@H](CCC1CCCCC1)NC(=O)c1ccc(CNC(=O)c2cnn(-c3ccccc3)c2N)cc1. The van der Waals surface area contributed by atoms with Crippen LogP contribution in [0, 0.1) is 5.92 Å². The van der Waals surface area contributed by atoms with Crippen LogP contribution in [-0.4, -0.2) is 40.1 Å². The number of amides is 3. The van der Waals surface area contributed by atoms with E-state index >= 15 is 0 Å². The minimum atomic E-state index is -0.554. The summed E-state index contributed by atoms with van der Waals surface area (Å²) in [6.45, 7) is 3.06. The molecule has 0 spiro atoms. The van der Waals surface area contributed by atoms with Crippen molar-refractivity contribution in [2.24, 2.45) is 5.92 Å². The number of rotatable bonds is 15. The summed E-state index contributed by atoms with van der Waals surface area (Å²) in [4.78, 5) is 39.0. The summed E-state index contributed by atoms with van der Waals surface area (Å²) >= 11 is 0. The number of para-hydroxylation sites is 1. The van der Waals surface area contributed by atoms with Gasteiger partial charge in [0.15, 0.2) is 0 Å². The lowest BCUT2D eigenvalue weighted by Gasteiger charge is -2.24. The van der Waals surface area contributed by atoms with Crippen molar-refractivity contribution < 1.29 is 14.4 Å². The van der Waals surface area contributed by atoms with Crippen LogP contribution < -0.4 is 21.7 Å². The van der Waals surface area contributed by atoms with Gasteiger partial charge in [-0.2, -0.15) is 5.10 Å². The number of nitrogens with zero attached hydrogens (tertiary/aromatic N) is 2. The normalized spacial score (nSPS) is 14.2. The molecular formula is C34H46N6O3. The summed E-state index contributed by atoms with van der Waals surface area (Å²) in [5, 5.41) is 13.2. The lowest BCUT2D eigenvalue weighted by molar-refractivity contribution is -0.123. The van der Waals surface area contributed by atoms with Crippen LogP contribution in [0.5, 0.6) is 0 Å². The number of nitrogen functional groups attached to an aromatic ring is 1. The van der Waals surface area contributed by atoms with Gasteiger partial charge in [0.25, 0.3) is 11.8 Å². The average Bonchev–Trinajstić information content (AvgIpc) is 3.43. The van der Waals surface area contributed by atoms with Gasteiger partial charge in [-0.1, -0.05) is 88.6 Å². The van der Waals surface area contributed by atoms with Crippen molar-refractivity contribution in [1.29, 1.82) is 0 Å². The molecule has 2 aromatic carbocycles. The van der Waals surface area contributed by atoms with Crippen LogP contribution in [0.25, 0.3) is 5.69 Å². The molecule has 0 saturated heterocycles. The summed E-state index contributed by atoms with van der Waals surface area (Å²) in [6, 6.07) is 15.9. The maximum absolute atomic E-state index is 13.2. The van der Waals surface area contributed by atoms with Crippen LogP contribution in [0.1, 0.15) is 104 Å². The zero-order chi connectivity index (χ0) is 30.4. The highest BCUT2D eigenvalue weighted by Gasteiger charge is 2.24. The molecular weight excluding hydrogens is 540 g/mol. The maximum atomic E-state index is 13.2. The van der Waals surface area contributed by atoms with Gasteiger partial charge in [0.05, 0.1) is 11.9 Å². The van der Waals surface area contributed by atoms with Gasteiger partial charge in [0.2, 0.25) is 5.91 Å². The zero-order valence-corrected chi connectivity index (χ0v) is 25.3. The summed E-state index contributed by atoms with van der Waals surface area (Å²) < 4.78 is 1.53. The maximum Gasteiger partial charge on any atom is 0.256 e. The highest BCUT2D eigenvalue weighted by Crippen LogP contribution is 2.28. The summed E-state index contributed by atoms with van der Waals surface area (Å²) in [5.74, 6) is 0.186. The fourth-order valence-electron chi connectivity index (χ4n) is 5.63. The van der Waals surface area contributed by atoms with Crippen LogP contribution in [0.4, 0.5) is 5.82 Å². The highest BCUT2D eigenvalue weighted by atomic mass is 16.2. The van der Waals surface area contributed by atoms with Crippen LogP contribution in [0.15, 0.2) is 60.8 Å². The van der Waals surface area contributed by atoms with Crippen LogP contribution in [0.2, 0.25) is 0 Å². The number of aromatic nitrogens is 2. The third kappa shape index (κ3) is 9.43. The van der Waals surface area contributed by atoms with Gasteiger partial charge in [-0.15, -0.1) is 0 Å². The fourth-order valence-corrected chi connectivity index (χ4v) is 5.63. The Morgan fingerprint density at radius 3 is 2.40 bits per heavy atom. The van der Waals surface area contributed by atoms with Gasteiger partial charge < -0.3 is 21.7 Å². The summed E-state index contributed by atoms with van der Waals surface area (Å²) in [5.41, 5.74) is 8.57. The first kappa shape index (κ1) is 31.8. The van der Waals surface area contributed by atoms with Crippen LogP contribution in [-0.2, 0) is 11.3 Å². The smallest absolute Gasteiger partial charge is 0.256 e. The fraction of sp³-hybridized carbons (Fsp3) is 0.471. The van der Waals surface area contributed by atoms with E-state index < -0.39 is 6.04 Å². The van der Waals surface area contributed by atoms with Gasteiger partial charge in [-0.05, 0) is 55.0 Å². The van der Waals surface area contributed by atoms with E-state index in [9.17, 15) is 14.4 Å². The predicted octanol–water partition coefficient (Wildman–Crippen LogP) is 5.54. The minimum Gasteiger partial charge on any atom is -0.383 e. The number of nitrogens with one attached hydrogen (secondary N) is 3. The molecule has 4 rings (SSSR count). The van der Waals surface area contributed by atoms with E-state index in [1.807, 2.05) is 30.3 Å². The Hall–Kier alpha value is -4.14. The summed E-state index contributed by atoms with van der Waals surface area (Å²) in [7, 11) is 0. The number of anilines is 1. The Kier molecular flexibility index (Phi) is 12.2. The molecule has 1 atom stereocenters. The quantitative estimate of drug-likeness (QED) is 0.174. The third-order valence-corrected chi connectivity index (χ3v) is 8.26. The zero-order valence-electron chi connectivity index (χ0n) is 25.3. The van der Waals surface area contributed by atoms with Crippen LogP contribution in [0.3, 0.4) is 0 Å². The molecule has 1 saturated carbocycles. The molecule has 0 aliphatic heterocycles. The van der Waals surface area contributed by atoms with Gasteiger partial charge in [0.1, 0.15) is 17.4 Å². The largest absolute Gasteiger partial charge is 0.383 e. The minimum absolute atomic E-state index is 0.102. The second-order valence-electron chi connectivity index (χ2n) is 11.5. The highest BCUT2D eigenvalue weighted by molar-refractivity contribution is 5.99. The first-order valence-electron chi connectivity index (χ1n) is 15.8. The van der Waals surface area contributed by atoms with Crippen molar-refractivity contribution in [2.45, 2.75) is 90.1 Å². The third-order valence-electron chi connectivity index (χ3n) is 8.26. The standard InChI is InChI=1S/C34H46N6O3/c1-2-3-4-11-22-36-34(43)30(21-18-25-12-7-5-8-13-25)39-32(41)27-19-16-26(17-20-27)23-37-33(42)29-24-38-40(31(29)35)28-14-9-6-10-15-28/h6,9-10,14-17,19-20,24-25,30H,2-5,7-8,11-13,18,21-23,35H2,1H3,(H,36,43)(H,37,42)(H,39,41)/t30-/m0/s1. The van der Waals surface area contributed by atoms with E-state index in [1.165, 1.54) is 43.0 Å². The van der Waals surface area contributed by atoms with Gasteiger partial charge in [-0.3, -0.25) is 14.4 Å². The molecule has 9 nitrogen and oxygen atoms in total. The van der Waals surface area contributed by atoms with Gasteiger partial charge >= 0.3 is 0 Å². The molecule has 5 N–H and O–H groups in total. The van der Waals surface area contributed by atoms with Gasteiger partial charge in [0, 0.05) is 18.7 Å². The molecule has 1 aliphatic carbocycles. The molecule has 230 valence electrons. The van der Waals surface area contributed by atoms with Crippen molar-refractivity contribution >= 4 is 23.5 Å². The molecule has 9 heteroatoms. The lowest BCUT2D eigenvalue weighted by Crippen LogP contribution is -2.47. The van der Waals surface area contributed by atoms with Crippen LogP contribution >= 0.6 is 0 Å². The van der Waals surface area contributed by atoms with Crippen molar-refractivity contribution in [3.05, 3.63) is 77.5 Å². The van der Waals surface area contributed by atoms with Crippen molar-refractivity contribution in [3.8, 4) is 5.69 Å². The monoisotopic (exact) mass is 586 g/mol. The Balaban J connectivity index is 1.31. The van der Waals surface area contributed by atoms with E-state index in [0.29, 0.717) is 30.0 Å². The predicted molar refractivity (Wildman–Crippen MR) is 170 cm³/mol. The number of hydrogen-bond acceptors (Lipinski definition) is 5. The second-order valence-corrected chi connectivity index (χ2v) is 11.5. The van der Waals surface area contributed by atoms with Crippen molar-refractivity contribution in [2.75, 3.05) is 12.3 Å². The van der Waals surface area contributed by atoms with Gasteiger partial charge in [-0.25, -0.2) is 4.68 Å². The topological polar surface area (TPSA) is 131 Å². The Labute approximate surface area is 255 Å². The first-order chi connectivity index (χ1) is 21.0. The molecule has 1 aromatic heterocycles. The van der Waals surface area contributed by atoms with Crippen molar-refractivity contribution in [1.82, 2.24) is 25.7 Å². The molecule has 43 heavy (non-hydrogen) atoms. The Bertz CT molecular complexity index is 1320. The van der Waals surface area contributed by atoms with E-state index in [1.54, 1.807) is 24.3 Å². The first-order valence-corrected chi connectivity index (χ1v) is 15.8. The Morgan fingerprint density at radius 1 is 0.930 bits per heavy atom. The molecule has 3 amide bonds. The van der Waals surface area contributed by atoms with E-state index in [0.717, 1.165) is 43.4 Å². The second kappa shape index (κ2) is 16.5. The number of carbonyl (C=O) groups is 3. The van der Waals surface area contributed by atoms with E-state index in [2.05, 4.69) is 28.0 Å². The number of hydrogen-bond donors (Lipinski definition) is 4. The number of unbranched alkanes of at least 4 members (excludes halogenated alkanes) is 3. The number of carbonyl (C=O) groups excluding carboxylic acids is 3. The average molecular weight is 587 g/mol. The number of nitrogens with two attached hydrogens (primary N) is 1. The lowest BCUT2D eigenvalue weighted by atomic mass is 9.85. The van der Waals surface area contributed by atoms with E-state index in [4.69, 9.17) is 5.73 Å².